The zero-order valence-electron chi connectivity index (χ0n) is 19.7. The Hall–Kier alpha value is -4.01. The van der Waals surface area contributed by atoms with Gasteiger partial charge in [0, 0.05) is 29.9 Å². The van der Waals surface area contributed by atoms with Crippen molar-refractivity contribution in [3.8, 4) is 23.0 Å². The van der Waals surface area contributed by atoms with Gasteiger partial charge in [-0.2, -0.15) is 0 Å². The molecule has 0 atom stereocenters. The van der Waals surface area contributed by atoms with Crippen LogP contribution in [0.5, 0.6) is 23.0 Å². The second kappa shape index (κ2) is 10.7. The van der Waals surface area contributed by atoms with E-state index in [9.17, 15) is 9.59 Å². The van der Waals surface area contributed by atoms with Gasteiger partial charge >= 0.3 is 12.0 Å². The lowest BCUT2D eigenvalue weighted by molar-refractivity contribution is -0.139. The Morgan fingerprint density at radius 2 is 1.76 bits per heavy atom. The highest BCUT2D eigenvalue weighted by Crippen LogP contribution is 2.37. The second-order valence-corrected chi connectivity index (χ2v) is 8.83. The zero-order chi connectivity index (χ0) is 24.7. The number of pyridine rings is 1. The number of rotatable bonds is 9. The highest BCUT2D eigenvalue weighted by molar-refractivity contribution is 5.90. The lowest BCUT2D eigenvalue weighted by Gasteiger charge is -2.18. The number of fused-ring (bicyclic) bond motifs is 1. The summed E-state index contributed by atoms with van der Waals surface area (Å²) in [6.45, 7) is 6.48. The molecular formula is C25H29N3O6. The quantitative estimate of drug-likeness (QED) is 0.402. The van der Waals surface area contributed by atoms with Crippen LogP contribution >= 0.6 is 0 Å². The summed E-state index contributed by atoms with van der Waals surface area (Å²) in [6.07, 6.45) is 2.47. The van der Waals surface area contributed by atoms with Gasteiger partial charge < -0.3 is 30.0 Å². The highest BCUT2D eigenvalue weighted by Gasteiger charge is 2.14. The largest absolute Gasteiger partial charge is 0.493 e. The number of nitrogens with one attached hydrogen (secondary N) is 2. The Morgan fingerprint density at radius 3 is 2.41 bits per heavy atom. The van der Waals surface area contributed by atoms with E-state index in [2.05, 4.69) is 36.4 Å². The van der Waals surface area contributed by atoms with E-state index in [0.29, 0.717) is 40.4 Å². The van der Waals surface area contributed by atoms with Crippen LogP contribution in [-0.4, -0.2) is 42.4 Å². The minimum absolute atomic E-state index is 0.153. The Labute approximate surface area is 198 Å². The van der Waals surface area contributed by atoms with Crippen molar-refractivity contribution >= 4 is 28.6 Å². The molecule has 180 valence electrons. The lowest BCUT2D eigenvalue weighted by Crippen LogP contribution is -2.31. The smallest absolute Gasteiger partial charge is 0.341 e. The molecule has 34 heavy (non-hydrogen) atoms. The van der Waals surface area contributed by atoms with Gasteiger partial charge in [0.25, 0.3) is 0 Å². The number of carboxylic acid groups (broad SMARTS) is 1. The summed E-state index contributed by atoms with van der Waals surface area (Å²) in [5.41, 5.74) is 1.35. The third kappa shape index (κ3) is 6.99. The van der Waals surface area contributed by atoms with Crippen LogP contribution in [-0.2, 0) is 4.79 Å². The fourth-order valence-corrected chi connectivity index (χ4v) is 3.09. The van der Waals surface area contributed by atoms with Gasteiger partial charge in [-0.25, -0.2) is 9.59 Å². The van der Waals surface area contributed by atoms with Gasteiger partial charge in [0.2, 0.25) is 0 Å². The maximum atomic E-state index is 12.1. The minimum atomic E-state index is -1.09. The summed E-state index contributed by atoms with van der Waals surface area (Å²) in [5.74, 6) is 0.652. The summed E-state index contributed by atoms with van der Waals surface area (Å²) in [6, 6.07) is 11.8. The van der Waals surface area contributed by atoms with E-state index in [1.165, 1.54) is 7.11 Å². The molecular weight excluding hydrogens is 438 g/mol. The molecule has 0 spiro atoms. The van der Waals surface area contributed by atoms with Crippen LogP contribution in [0.1, 0.15) is 27.2 Å². The molecule has 0 aliphatic heterocycles. The van der Waals surface area contributed by atoms with Gasteiger partial charge in [0.05, 0.1) is 12.6 Å². The first-order chi connectivity index (χ1) is 16.1. The number of urea groups is 1. The topological polar surface area (TPSA) is 119 Å². The number of aliphatic carboxylic acids is 1. The Bertz CT molecular complexity index is 1160. The van der Waals surface area contributed by atoms with Crippen LogP contribution < -0.4 is 24.8 Å². The predicted molar refractivity (Wildman–Crippen MR) is 129 cm³/mol. The van der Waals surface area contributed by atoms with Gasteiger partial charge in [-0.05, 0) is 48.2 Å². The normalized spacial score (nSPS) is 11.1. The number of nitrogens with zero attached hydrogens (tertiary/aromatic N) is 1. The van der Waals surface area contributed by atoms with Gasteiger partial charge in [0.1, 0.15) is 11.5 Å². The molecule has 1 aromatic heterocycles. The van der Waals surface area contributed by atoms with E-state index in [1.54, 1.807) is 48.7 Å². The summed E-state index contributed by atoms with van der Waals surface area (Å²) in [4.78, 5) is 27.2. The maximum absolute atomic E-state index is 12.1. The van der Waals surface area contributed by atoms with Crippen molar-refractivity contribution < 1.29 is 28.9 Å². The van der Waals surface area contributed by atoms with Gasteiger partial charge in [-0.15, -0.1) is 0 Å². The lowest BCUT2D eigenvalue weighted by atomic mass is 9.92. The van der Waals surface area contributed by atoms with Gasteiger partial charge in [0.15, 0.2) is 18.1 Å². The molecule has 2 aromatic carbocycles. The molecule has 0 saturated carbocycles. The van der Waals surface area contributed by atoms with E-state index in [4.69, 9.17) is 19.3 Å². The van der Waals surface area contributed by atoms with Crippen LogP contribution in [0.4, 0.5) is 10.5 Å². The van der Waals surface area contributed by atoms with Crippen LogP contribution in [0.3, 0.4) is 0 Å². The molecule has 0 saturated heterocycles. The van der Waals surface area contributed by atoms with Crippen LogP contribution in [0.25, 0.3) is 10.9 Å². The van der Waals surface area contributed by atoms with Crippen molar-refractivity contribution in [1.29, 1.82) is 0 Å². The van der Waals surface area contributed by atoms with E-state index in [1.807, 2.05) is 0 Å². The number of hydrogen-bond donors (Lipinski definition) is 3. The third-order valence-electron chi connectivity index (χ3n) is 4.84. The van der Waals surface area contributed by atoms with Crippen molar-refractivity contribution in [2.75, 3.05) is 25.6 Å². The summed E-state index contributed by atoms with van der Waals surface area (Å²) in [7, 11) is 1.47. The number of ether oxygens (including phenoxy) is 3. The van der Waals surface area contributed by atoms with Crippen molar-refractivity contribution in [1.82, 2.24) is 10.3 Å². The third-order valence-corrected chi connectivity index (χ3v) is 4.84. The van der Waals surface area contributed by atoms with E-state index >= 15 is 0 Å². The van der Waals surface area contributed by atoms with E-state index in [-0.39, 0.29) is 17.2 Å². The first-order valence-corrected chi connectivity index (χ1v) is 10.8. The molecule has 2 amide bonds. The molecule has 1 heterocycles. The summed E-state index contributed by atoms with van der Waals surface area (Å²) < 4.78 is 16.7. The molecule has 0 aliphatic carbocycles. The van der Waals surface area contributed by atoms with E-state index in [0.717, 1.165) is 6.42 Å². The molecule has 3 rings (SSSR count). The minimum Gasteiger partial charge on any atom is -0.493 e. The molecule has 0 bridgehead atoms. The molecule has 0 aliphatic rings. The Balaban J connectivity index is 1.70. The molecule has 3 aromatic rings. The predicted octanol–water partition coefficient (Wildman–Crippen LogP) is 5.06. The molecule has 0 fully saturated rings. The van der Waals surface area contributed by atoms with Crippen molar-refractivity contribution in [2.24, 2.45) is 5.41 Å². The number of methoxy groups -OCH3 is 1. The van der Waals surface area contributed by atoms with Crippen LogP contribution in [0, 0.1) is 5.41 Å². The standard InChI is InChI=1S/C25H29N3O6/c1-25(2,3)10-12-27-24(31)28-16-5-7-17(8-6-16)34-20-9-11-26-19-14-22(33-15-23(29)30)21(32-4)13-18(19)20/h5-9,11,13-14H,10,12,15H2,1-4H3,(H,29,30)(H2,27,28,31). The average molecular weight is 468 g/mol. The molecule has 9 heteroatoms. The van der Waals surface area contributed by atoms with Gasteiger partial charge in [-0.1, -0.05) is 20.8 Å². The number of carboxylic acids is 1. The molecule has 9 nitrogen and oxygen atoms in total. The number of hydrogen-bond acceptors (Lipinski definition) is 6. The summed E-state index contributed by atoms with van der Waals surface area (Å²) in [5, 5.41) is 15.2. The number of anilines is 1. The van der Waals surface area contributed by atoms with Gasteiger partial charge in [-0.3, -0.25) is 4.98 Å². The number of carbonyl (C=O) groups is 2. The Morgan fingerprint density at radius 1 is 1.03 bits per heavy atom. The molecule has 0 radical (unpaired) electrons. The van der Waals surface area contributed by atoms with Crippen molar-refractivity contribution in [3.05, 3.63) is 48.7 Å². The van der Waals surface area contributed by atoms with Crippen LogP contribution in [0.2, 0.25) is 0 Å². The fraction of sp³-hybridized carbons (Fsp3) is 0.320. The SMILES string of the molecule is COc1cc2c(Oc3ccc(NC(=O)NCCC(C)(C)C)cc3)ccnc2cc1OCC(=O)O. The zero-order valence-corrected chi connectivity index (χ0v) is 19.7. The monoisotopic (exact) mass is 467 g/mol. The first kappa shape index (κ1) is 24.6. The number of carbonyl (C=O) groups excluding carboxylic acids is 1. The number of benzene rings is 2. The Kier molecular flexibility index (Phi) is 7.78. The molecule has 0 unspecified atom stereocenters. The van der Waals surface area contributed by atoms with Crippen molar-refractivity contribution in [2.45, 2.75) is 27.2 Å². The highest BCUT2D eigenvalue weighted by atomic mass is 16.5. The van der Waals surface area contributed by atoms with E-state index < -0.39 is 12.6 Å². The fourth-order valence-electron chi connectivity index (χ4n) is 3.09. The van der Waals surface area contributed by atoms with Crippen molar-refractivity contribution in [3.63, 3.8) is 0 Å². The molecule has 3 N–H and O–H groups in total. The summed E-state index contributed by atoms with van der Waals surface area (Å²) >= 11 is 0. The maximum Gasteiger partial charge on any atom is 0.341 e. The average Bonchev–Trinajstić information content (AvgIpc) is 2.77. The second-order valence-electron chi connectivity index (χ2n) is 8.83. The number of amides is 2. The number of aromatic nitrogens is 1. The van der Waals surface area contributed by atoms with Crippen LogP contribution in [0.15, 0.2) is 48.7 Å². The first-order valence-electron chi connectivity index (χ1n) is 10.8.